The van der Waals surface area contributed by atoms with Gasteiger partial charge in [-0.1, -0.05) is 18.2 Å². The molecule has 2 aromatic rings. The second-order valence-electron chi connectivity index (χ2n) is 5.41. The van der Waals surface area contributed by atoms with Crippen molar-refractivity contribution in [3.05, 3.63) is 58.6 Å². The van der Waals surface area contributed by atoms with E-state index < -0.39 is 0 Å². The van der Waals surface area contributed by atoms with Gasteiger partial charge in [0.15, 0.2) is 0 Å². The first-order valence-electron chi connectivity index (χ1n) is 7.63. The summed E-state index contributed by atoms with van der Waals surface area (Å²) in [5.41, 5.74) is 1.30. The van der Waals surface area contributed by atoms with E-state index in [0.29, 0.717) is 17.9 Å². The topological polar surface area (TPSA) is 47.6 Å². The minimum atomic E-state index is -0.159. The van der Waals surface area contributed by atoms with Gasteiger partial charge in [-0.2, -0.15) is 0 Å². The molecule has 1 amide bonds. The van der Waals surface area contributed by atoms with Crippen LogP contribution in [0.15, 0.2) is 53.0 Å². The van der Waals surface area contributed by atoms with Crippen molar-refractivity contribution in [2.24, 2.45) is 0 Å². The molecular formula is C18H18BrNO3. The molecule has 0 spiro atoms. The first-order chi connectivity index (χ1) is 11.2. The summed E-state index contributed by atoms with van der Waals surface area (Å²) in [6.45, 7) is 1.36. The maximum atomic E-state index is 12.3. The zero-order valence-electron chi connectivity index (χ0n) is 12.6. The van der Waals surface area contributed by atoms with E-state index in [0.717, 1.165) is 29.7 Å². The highest BCUT2D eigenvalue weighted by atomic mass is 79.9. The summed E-state index contributed by atoms with van der Waals surface area (Å²) in [5.74, 6) is 0.569. The van der Waals surface area contributed by atoms with Gasteiger partial charge in [0.05, 0.1) is 11.7 Å². The van der Waals surface area contributed by atoms with Gasteiger partial charge in [0.25, 0.3) is 5.91 Å². The van der Waals surface area contributed by atoms with Crippen LogP contribution in [0, 0.1) is 0 Å². The molecule has 1 heterocycles. The van der Waals surface area contributed by atoms with Gasteiger partial charge >= 0.3 is 0 Å². The van der Waals surface area contributed by atoms with E-state index in [1.54, 1.807) is 6.07 Å². The quantitative estimate of drug-likeness (QED) is 0.848. The Hall–Kier alpha value is -1.85. The van der Waals surface area contributed by atoms with E-state index >= 15 is 0 Å². The van der Waals surface area contributed by atoms with Gasteiger partial charge in [0, 0.05) is 22.8 Å². The summed E-state index contributed by atoms with van der Waals surface area (Å²) in [4.78, 5) is 12.3. The molecule has 4 nitrogen and oxygen atoms in total. The summed E-state index contributed by atoms with van der Waals surface area (Å²) in [7, 11) is 0. The minimum Gasteiger partial charge on any atom is -0.491 e. The summed E-state index contributed by atoms with van der Waals surface area (Å²) >= 11 is 3.39. The zero-order valence-corrected chi connectivity index (χ0v) is 14.2. The average Bonchev–Trinajstić information content (AvgIpc) is 3.07. The molecule has 1 fully saturated rings. The fourth-order valence-corrected chi connectivity index (χ4v) is 2.94. The van der Waals surface area contributed by atoms with Crippen LogP contribution >= 0.6 is 15.9 Å². The van der Waals surface area contributed by atoms with Crippen molar-refractivity contribution in [1.29, 1.82) is 0 Å². The maximum Gasteiger partial charge on any atom is 0.256 e. The molecule has 0 aliphatic carbocycles. The molecule has 1 aliphatic heterocycles. The van der Waals surface area contributed by atoms with E-state index in [1.807, 2.05) is 42.5 Å². The van der Waals surface area contributed by atoms with Gasteiger partial charge in [-0.25, -0.2) is 0 Å². The van der Waals surface area contributed by atoms with Crippen molar-refractivity contribution in [1.82, 2.24) is 0 Å². The standard InChI is InChI=1S/C18H18BrNO3/c19-17-9-2-1-8-16(17)18(21)20-13-5-3-6-14(11-13)23-12-15-7-4-10-22-15/h1-3,5-6,8-9,11,15H,4,7,10,12H2,(H,20,21). The van der Waals surface area contributed by atoms with Crippen molar-refractivity contribution in [3.63, 3.8) is 0 Å². The Labute approximate surface area is 143 Å². The lowest BCUT2D eigenvalue weighted by atomic mass is 10.2. The third-order valence-corrected chi connectivity index (χ3v) is 4.36. The number of benzene rings is 2. The van der Waals surface area contributed by atoms with Crippen LogP contribution in [0.2, 0.25) is 0 Å². The number of hydrogen-bond donors (Lipinski definition) is 1. The fraction of sp³-hybridized carbons (Fsp3) is 0.278. The smallest absolute Gasteiger partial charge is 0.256 e. The van der Waals surface area contributed by atoms with Gasteiger partial charge in [-0.3, -0.25) is 4.79 Å². The van der Waals surface area contributed by atoms with E-state index in [4.69, 9.17) is 9.47 Å². The summed E-state index contributed by atoms with van der Waals surface area (Å²) < 4.78 is 12.1. The van der Waals surface area contributed by atoms with Gasteiger partial charge in [0.1, 0.15) is 12.4 Å². The first-order valence-corrected chi connectivity index (χ1v) is 8.42. The Morgan fingerprint density at radius 2 is 2.13 bits per heavy atom. The highest BCUT2D eigenvalue weighted by Gasteiger charge is 2.16. The number of ether oxygens (including phenoxy) is 2. The maximum absolute atomic E-state index is 12.3. The summed E-state index contributed by atoms with van der Waals surface area (Å²) in [5, 5.41) is 2.89. The van der Waals surface area contributed by atoms with Crippen LogP contribution in [0.5, 0.6) is 5.75 Å². The SMILES string of the molecule is O=C(Nc1cccc(OCC2CCCO2)c1)c1ccccc1Br. The number of amides is 1. The Kier molecular flexibility index (Phi) is 5.31. The Bertz CT molecular complexity index is 683. The van der Waals surface area contributed by atoms with Crippen LogP contribution in [-0.2, 0) is 4.74 Å². The van der Waals surface area contributed by atoms with Gasteiger partial charge in [-0.05, 0) is 53.0 Å². The molecule has 2 aromatic carbocycles. The Morgan fingerprint density at radius 3 is 2.91 bits per heavy atom. The predicted molar refractivity (Wildman–Crippen MR) is 93.0 cm³/mol. The molecule has 0 radical (unpaired) electrons. The number of rotatable bonds is 5. The molecule has 1 saturated heterocycles. The zero-order chi connectivity index (χ0) is 16.1. The normalized spacial score (nSPS) is 17.0. The molecule has 5 heteroatoms. The van der Waals surface area contributed by atoms with E-state index in [-0.39, 0.29) is 12.0 Å². The molecule has 1 aliphatic rings. The third-order valence-electron chi connectivity index (χ3n) is 3.67. The van der Waals surface area contributed by atoms with Crippen molar-refractivity contribution in [2.45, 2.75) is 18.9 Å². The average molecular weight is 376 g/mol. The van der Waals surface area contributed by atoms with Crippen LogP contribution in [-0.4, -0.2) is 25.2 Å². The van der Waals surface area contributed by atoms with Crippen molar-refractivity contribution in [2.75, 3.05) is 18.5 Å². The molecule has 0 aromatic heterocycles. The second kappa shape index (κ2) is 7.62. The molecule has 0 bridgehead atoms. The fourth-order valence-electron chi connectivity index (χ4n) is 2.47. The second-order valence-corrected chi connectivity index (χ2v) is 6.26. The van der Waals surface area contributed by atoms with E-state index in [1.165, 1.54) is 0 Å². The van der Waals surface area contributed by atoms with Crippen LogP contribution in [0.25, 0.3) is 0 Å². The summed E-state index contributed by atoms with van der Waals surface area (Å²) in [6.07, 6.45) is 2.31. The Balaban J connectivity index is 1.63. The number of hydrogen-bond acceptors (Lipinski definition) is 3. The van der Waals surface area contributed by atoms with Crippen LogP contribution < -0.4 is 10.1 Å². The van der Waals surface area contributed by atoms with E-state index in [2.05, 4.69) is 21.2 Å². The van der Waals surface area contributed by atoms with E-state index in [9.17, 15) is 4.79 Å². The molecule has 120 valence electrons. The predicted octanol–water partition coefficient (Wildman–Crippen LogP) is 4.26. The van der Waals surface area contributed by atoms with Crippen molar-refractivity contribution >= 4 is 27.5 Å². The number of nitrogens with one attached hydrogen (secondary N) is 1. The van der Waals surface area contributed by atoms with Crippen LogP contribution in [0.1, 0.15) is 23.2 Å². The third kappa shape index (κ3) is 4.33. The molecule has 0 saturated carbocycles. The number of halogens is 1. The lowest BCUT2D eigenvalue weighted by Gasteiger charge is -2.13. The number of carbonyl (C=O) groups is 1. The lowest BCUT2D eigenvalue weighted by molar-refractivity contribution is 0.0680. The monoisotopic (exact) mass is 375 g/mol. The van der Waals surface area contributed by atoms with Gasteiger partial charge < -0.3 is 14.8 Å². The largest absolute Gasteiger partial charge is 0.491 e. The molecule has 1 atom stereocenters. The molecular weight excluding hydrogens is 358 g/mol. The van der Waals surface area contributed by atoms with Crippen molar-refractivity contribution in [3.8, 4) is 5.75 Å². The van der Waals surface area contributed by atoms with Gasteiger partial charge in [-0.15, -0.1) is 0 Å². The molecule has 1 unspecified atom stereocenters. The first kappa shape index (κ1) is 16.0. The number of carbonyl (C=O) groups excluding carboxylic acids is 1. The van der Waals surface area contributed by atoms with Crippen LogP contribution in [0.3, 0.4) is 0 Å². The molecule has 3 rings (SSSR count). The Morgan fingerprint density at radius 1 is 1.26 bits per heavy atom. The summed E-state index contributed by atoms with van der Waals surface area (Å²) in [6, 6.07) is 14.7. The highest BCUT2D eigenvalue weighted by molar-refractivity contribution is 9.10. The van der Waals surface area contributed by atoms with Crippen LogP contribution in [0.4, 0.5) is 5.69 Å². The molecule has 23 heavy (non-hydrogen) atoms. The van der Waals surface area contributed by atoms with Crippen molar-refractivity contribution < 1.29 is 14.3 Å². The minimum absolute atomic E-state index is 0.159. The van der Waals surface area contributed by atoms with Gasteiger partial charge in [0.2, 0.25) is 0 Å². The lowest BCUT2D eigenvalue weighted by Crippen LogP contribution is -2.16. The number of anilines is 1. The molecule has 1 N–H and O–H groups in total. The highest BCUT2D eigenvalue weighted by Crippen LogP contribution is 2.22.